The van der Waals surface area contributed by atoms with Crippen molar-refractivity contribution in [1.82, 2.24) is 5.48 Å². The maximum absolute atomic E-state index is 9.92. The summed E-state index contributed by atoms with van der Waals surface area (Å²) in [5.74, 6) is 0.572. The largest absolute Gasteiger partial charge is 0.504 e. The number of methoxy groups -OCH3 is 2. The predicted octanol–water partition coefficient (Wildman–Crippen LogP) is 1.71. The number of hydroxylamine groups is 1. The molecule has 2 N–H and O–H groups in total. The normalized spacial score (nSPS) is 10.2. The smallest absolute Gasteiger partial charge is 0.203 e. The Morgan fingerprint density at radius 3 is 2.50 bits per heavy atom. The average molecular weight is 248 g/mol. The summed E-state index contributed by atoms with van der Waals surface area (Å²) in [6, 6.07) is 1.58. The monoisotopic (exact) mass is 247 g/mol. The number of benzene rings is 1. The van der Waals surface area contributed by atoms with Crippen LogP contribution in [0, 0.1) is 0 Å². The van der Waals surface area contributed by atoms with Gasteiger partial charge < -0.3 is 19.4 Å². The first-order valence-corrected chi connectivity index (χ1v) is 4.91. The number of phenolic OH excluding ortho intramolecular Hbond substituents is 1. The van der Waals surface area contributed by atoms with Gasteiger partial charge in [0.2, 0.25) is 5.75 Å². The van der Waals surface area contributed by atoms with Gasteiger partial charge in [0.15, 0.2) is 11.5 Å². The van der Waals surface area contributed by atoms with Crippen LogP contribution in [-0.2, 0) is 11.4 Å². The van der Waals surface area contributed by atoms with Crippen molar-refractivity contribution in [2.24, 2.45) is 0 Å². The molecule has 0 heterocycles. The molecule has 0 fully saturated rings. The van der Waals surface area contributed by atoms with Gasteiger partial charge in [-0.3, -0.25) is 0 Å². The van der Waals surface area contributed by atoms with E-state index in [1.54, 1.807) is 6.07 Å². The maximum atomic E-state index is 9.92. The van der Waals surface area contributed by atoms with Crippen LogP contribution >= 0.6 is 11.6 Å². The lowest BCUT2D eigenvalue weighted by Gasteiger charge is -2.14. The van der Waals surface area contributed by atoms with E-state index in [9.17, 15) is 5.11 Å². The van der Waals surface area contributed by atoms with E-state index in [0.717, 1.165) is 0 Å². The minimum absolute atomic E-state index is 0.0589. The van der Waals surface area contributed by atoms with Gasteiger partial charge in [0.1, 0.15) is 0 Å². The highest BCUT2D eigenvalue weighted by atomic mass is 35.5. The molecule has 0 spiro atoms. The summed E-state index contributed by atoms with van der Waals surface area (Å²) < 4.78 is 10.1. The summed E-state index contributed by atoms with van der Waals surface area (Å²) in [6.07, 6.45) is 0. The van der Waals surface area contributed by atoms with Crippen LogP contribution in [0.4, 0.5) is 0 Å². The van der Waals surface area contributed by atoms with E-state index in [1.807, 2.05) is 0 Å². The van der Waals surface area contributed by atoms with Crippen LogP contribution in [0.5, 0.6) is 17.2 Å². The fraction of sp³-hybridized carbons (Fsp3) is 0.400. The lowest BCUT2D eigenvalue weighted by atomic mass is 10.1. The SMILES string of the molecule is CONCc1c(Cl)cc(OC)c(OC)c1O. The molecule has 0 aliphatic carbocycles. The first-order valence-electron chi connectivity index (χ1n) is 4.53. The third-order valence-corrected chi connectivity index (χ3v) is 2.43. The van der Waals surface area contributed by atoms with Crippen molar-refractivity contribution in [3.63, 3.8) is 0 Å². The van der Waals surface area contributed by atoms with Gasteiger partial charge in [-0.15, -0.1) is 0 Å². The topological polar surface area (TPSA) is 60.0 Å². The minimum atomic E-state index is -0.0589. The van der Waals surface area contributed by atoms with Crippen molar-refractivity contribution in [3.05, 3.63) is 16.7 Å². The van der Waals surface area contributed by atoms with Crippen molar-refractivity contribution in [3.8, 4) is 17.2 Å². The highest BCUT2D eigenvalue weighted by Gasteiger charge is 2.17. The van der Waals surface area contributed by atoms with Gasteiger partial charge in [0, 0.05) is 11.6 Å². The van der Waals surface area contributed by atoms with E-state index in [-0.39, 0.29) is 18.0 Å². The molecular formula is C10H14ClNO4. The van der Waals surface area contributed by atoms with Gasteiger partial charge in [-0.25, -0.2) is 0 Å². The fourth-order valence-corrected chi connectivity index (χ4v) is 1.55. The second kappa shape index (κ2) is 5.79. The zero-order valence-corrected chi connectivity index (χ0v) is 10.1. The quantitative estimate of drug-likeness (QED) is 0.776. The molecular weight excluding hydrogens is 234 g/mol. The van der Waals surface area contributed by atoms with Crippen LogP contribution < -0.4 is 15.0 Å². The molecule has 0 aromatic heterocycles. The number of aromatic hydroxyl groups is 1. The fourth-order valence-electron chi connectivity index (χ4n) is 1.30. The summed E-state index contributed by atoms with van der Waals surface area (Å²) in [5, 5.41) is 10.3. The molecule has 16 heavy (non-hydrogen) atoms. The molecule has 0 bridgehead atoms. The van der Waals surface area contributed by atoms with Gasteiger partial charge in [0.25, 0.3) is 0 Å². The second-order valence-corrected chi connectivity index (χ2v) is 3.35. The molecule has 5 nitrogen and oxygen atoms in total. The Kier molecular flexibility index (Phi) is 4.67. The molecule has 0 aliphatic heterocycles. The van der Waals surface area contributed by atoms with Crippen LogP contribution in [0.25, 0.3) is 0 Å². The summed E-state index contributed by atoms with van der Waals surface area (Å²) in [4.78, 5) is 4.69. The van der Waals surface area contributed by atoms with Gasteiger partial charge in [0.05, 0.1) is 32.9 Å². The van der Waals surface area contributed by atoms with Gasteiger partial charge >= 0.3 is 0 Å². The second-order valence-electron chi connectivity index (χ2n) is 2.95. The van der Waals surface area contributed by atoms with E-state index < -0.39 is 0 Å². The van der Waals surface area contributed by atoms with Crippen molar-refractivity contribution in [2.45, 2.75) is 6.54 Å². The lowest BCUT2D eigenvalue weighted by Crippen LogP contribution is -2.11. The highest BCUT2D eigenvalue weighted by molar-refractivity contribution is 6.31. The van der Waals surface area contributed by atoms with Crippen molar-refractivity contribution >= 4 is 11.6 Å². The third-order valence-electron chi connectivity index (χ3n) is 2.09. The lowest BCUT2D eigenvalue weighted by molar-refractivity contribution is 0.0860. The molecule has 0 unspecified atom stereocenters. The first kappa shape index (κ1) is 12.9. The molecule has 0 amide bonds. The summed E-state index contributed by atoms with van der Waals surface area (Å²) in [5.41, 5.74) is 3.08. The average Bonchev–Trinajstić information content (AvgIpc) is 2.28. The Morgan fingerprint density at radius 1 is 1.31 bits per heavy atom. The number of hydrogen-bond donors (Lipinski definition) is 2. The van der Waals surface area contributed by atoms with Gasteiger partial charge in [-0.1, -0.05) is 11.6 Å². The number of ether oxygens (including phenoxy) is 2. The van der Waals surface area contributed by atoms with Crippen LogP contribution in [0.1, 0.15) is 5.56 Å². The zero-order valence-electron chi connectivity index (χ0n) is 9.33. The molecule has 90 valence electrons. The molecule has 1 aromatic rings. The Labute approximate surface area is 98.8 Å². The van der Waals surface area contributed by atoms with E-state index in [2.05, 4.69) is 5.48 Å². The van der Waals surface area contributed by atoms with Crippen LogP contribution in [0.15, 0.2) is 6.07 Å². The number of hydrogen-bond acceptors (Lipinski definition) is 5. The molecule has 1 rings (SSSR count). The summed E-state index contributed by atoms with van der Waals surface area (Å²) in [6.45, 7) is 0.265. The minimum Gasteiger partial charge on any atom is -0.504 e. The number of rotatable bonds is 5. The van der Waals surface area contributed by atoms with Gasteiger partial charge in [-0.05, 0) is 0 Å². The standard InChI is InChI=1S/C10H14ClNO4/c1-14-8-4-7(11)6(5-12-16-3)9(13)10(8)15-2/h4,12-13H,5H2,1-3H3. The molecule has 0 aliphatic rings. The van der Waals surface area contributed by atoms with E-state index >= 15 is 0 Å². The van der Waals surface area contributed by atoms with Crippen molar-refractivity contribution in [2.75, 3.05) is 21.3 Å². The molecule has 0 atom stereocenters. The molecule has 0 saturated carbocycles. The number of nitrogens with one attached hydrogen (secondary N) is 1. The third kappa shape index (κ3) is 2.49. The highest BCUT2D eigenvalue weighted by Crippen LogP contribution is 2.42. The van der Waals surface area contributed by atoms with Crippen LogP contribution in [0.3, 0.4) is 0 Å². The van der Waals surface area contributed by atoms with E-state index in [1.165, 1.54) is 21.3 Å². The maximum Gasteiger partial charge on any atom is 0.203 e. The van der Waals surface area contributed by atoms with E-state index in [0.29, 0.717) is 16.3 Å². The molecule has 6 heteroatoms. The molecule has 1 aromatic carbocycles. The Balaban J connectivity index is 3.18. The van der Waals surface area contributed by atoms with Crippen molar-refractivity contribution < 1.29 is 19.4 Å². The molecule has 0 radical (unpaired) electrons. The van der Waals surface area contributed by atoms with Crippen LogP contribution in [0.2, 0.25) is 5.02 Å². The molecule has 0 saturated heterocycles. The van der Waals surface area contributed by atoms with Crippen LogP contribution in [-0.4, -0.2) is 26.4 Å². The number of halogens is 1. The zero-order chi connectivity index (χ0) is 12.1. The summed E-state index contributed by atoms with van der Waals surface area (Å²) >= 11 is 5.99. The first-order chi connectivity index (χ1) is 7.65. The Morgan fingerprint density at radius 2 is 2.00 bits per heavy atom. The van der Waals surface area contributed by atoms with E-state index in [4.69, 9.17) is 25.9 Å². The summed E-state index contributed by atoms with van der Waals surface area (Å²) in [7, 11) is 4.39. The van der Waals surface area contributed by atoms with Gasteiger partial charge in [-0.2, -0.15) is 5.48 Å². The predicted molar refractivity (Wildman–Crippen MR) is 60.1 cm³/mol. The van der Waals surface area contributed by atoms with Crippen molar-refractivity contribution in [1.29, 1.82) is 0 Å². The number of phenols is 1. The Bertz CT molecular complexity index is 370. The Hall–Kier alpha value is -1.17.